The maximum absolute atomic E-state index is 10.5. The standard InChI is InChI=1S/C9H12O3S/c1-7-2-3-8(5-10)4-9(7)6-13(11)12/h2-4,10H,5-6H2,1H3,(H,11,12)/p-1. The van der Waals surface area contributed by atoms with E-state index in [0.717, 1.165) is 16.7 Å². The van der Waals surface area contributed by atoms with Gasteiger partial charge in [-0.25, -0.2) is 0 Å². The lowest BCUT2D eigenvalue weighted by Gasteiger charge is -2.09. The zero-order chi connectivity index (χ0) is 9.84. The Bertz CT molecular complexity index is 323. The summed E-state index contributed by atoms with van der Waals surface area (Å²) in [5, 5.41) is 8.83. The number of aryl methyl sites for hydroxylation is 1. The molecule has 72 valence electrons. The van der Waals surface area contributed by atoms with Crippen molar-refractivity contribution < 1.29 is 13.9 Å². The van der Waals surface area contributed by atoms with Gasteiger partial charge in [-0.1, -0.05) is 29.3 Å². The molecule has 1 unspecified atom stereocenters. The van der Waals surface area contributed by atoms with Crippen LogP contribution in [-0.4, -0.2) is 13.9 Å². The monoisotopic (exact) mass is 199 g/mol. The van der Waals surface area contributed by atoms with Gasteiger partial charge in [0, 0.05) is 5.75 Å². The molecule has 1 N–H and O–H groups in total. The van der Waals surface area contributed by atoms with E-state index in [4.69, 9.17) is 5.11 Å². The summed E-state index contributed by atoms with van der Waals surface area (Å²) in [7, 11) is 0. The molecular formula is C9H11O3S-. The molecule has 0 saturated carbocycles. The highest BCUT2D eigenvalue weighted by molar-refractivity contribution is 7.78. The van der Waals surface area contributed by atoms with Crippen LogP contribution in [0.5, 0.6) is 0 Å². The van der Waals surface area contributed by atoms with Crippen molar-refractivity contribution >= 4 is 11.1 Å². The second kappa shape index (κ2) is 4.50. The SMILES string of the molecule is Cc1ccc(CO)cc1CS(=O)[O-]. The Hall–Kier alpha value is -0.710. The van der Waals surface area contributed by atoms with E-state index in [1.54, 1.807) is 12.1 Å². The molecule has 0 fully saturated rings. The van der Waals surface area contributed by atoms with E-state index < -0.39 is 11.1 Å². The van der Waals surface area contributed by atoms with Crippen LogP contribution in [0.4, 0.5) is 0 Å². The molecule has 0 amide bonds. The minimum absolute atomic E-state index is 0.0136. The summed E-state index contributed by atoms with van der Waals surface area (Å²) in [5.74, 6) is 0.0136. The molecule has 1 aromatic rings. The average molecular weight is 199 g/mol. The summed E-state index contributed by atoms with van der Waals surface area (Å²) in [6, 6.07) is 5.31. The molecule has 0 aliphatic rings. The Morgan fingerprint density at radius 3 is 2.77 bits per heavy atom. The fraction of sp³-hybridized carbons (Fsp3) is 0.333. The van der Waals surface area contributed by atoms with E-state index in [2.05, 4.69) is 0 Å². The molecule has 0 bridgehead atoms. The summed E-state index contributed by atoms with van der Waals surface area (Å²) in [6.45, 7) is 1.79. The summed E-state index contributed by atoms with van der Waals surface area (Å²) >= 11 is -2.07. The first-order valence-electron chi connectivity index (χ1n) is 3.88. The van der Waals surface area contributed by atoms with E-state index >= 15 is 0 Å². The second-order valence-corrected chi connectivity index (χ2v) is 3.76. The van der Waals surface area contributed by atoms with Crippen LogP contribution in [0.25, 0.3) is 0 Å². The van der Waals surface area contributed by atoms with Gasteiger partial charge in [-0.3, -0.25) is 4.21 Å². The Kier molecular flexibility index (Phi) is 3.59. The first-order chi connectivity index (χ1) is 6.13. The third-order valence-electron chi connectivity index (χ3n) is 1.87. The van der Waals surface area contributed by atoms with E-state index in [0.29, 0.717) is 0 Å². The van der Waals surface area contributed by atoms with E-state index in [1.807, 2.05) is 13.0 Å². The van der Waals surface area contributed by atoms with Crippen molar-refractivity contribution in [2.24, 2.45) is 0 Å². The molecule has 0 aliphatic heterocycles. The molecule has 13 heavy (non-hydrogen) atoms. The second-order valence-electron chi connectivity index (χ2n) is 2.87. The quantitative estimate of drug-likeness (QED) is 0.735. The van der Waals surface area contributed by atoms with Gasteiger partial charge in [0.1, 0.15) is 0 Å². The number of benzene rings is 1. The smallest absolute Gasteiger partial charge is 0.0681 e. The average Bonchev–Trinajstić information content (AvgIpc) is 2.08. The fourth-order valence-electron chi connectivity index (χ4n) is 1.11. The number of hydrogen-bond acceptors (Lipinski definition) is 3. The molecule has 4 heteroatoms. The van der Waals surface area contributed by atoms with Crippen LogP contribution >= 0.6 is 0 Å². The van der Waals surface area contributed by atoms with Gasteiger partial charge in [-0.2, -0.15) is 0 Å². The third kappa shape index (κ3) is 2.91. The predicted octanol–water partition coefficient (Wildman–Crippen LogP) is 0.866. The van der Waals surface area contributed by atoms with Gasteiger partial charge in [0.15, 0.2) is 0 Å². The highest BCUT2D eigenvalue weighted by atomic mass is 32.2. The lowest BCUT2D eigenvalue weighted by molar-refractivity contribution is 0.281. The highest BCUT2D eigenvalue weighted by Gasteiger charge is 1.99. The van der Waals surface area contributed by atoms with Crippen molar-refractivity contribution in [2.75, 3.05) is 0 Å². The molecule has 1 rings (SSSR count). The molecule has 1 aromatic carbocycles. The zero-order valence-electron chi connectivity index (χ0n) is 7.32. The van der Waals surface area contributed by atoms with Crippen molar-refractivity contribution in [1.82, 2.24) is 0 Å². The van der Waals surface area contributed by atoms with Gasteiger partial charge >= 0.3 is 0 Å². The van der Waals surface area contributed by atoms with Gasteiger partial charge in [-0.15, -0.1) is 0 Å². The van der Waals surface area contributed by atoms with Gasteiger partial charge in [0.2, 0.25) is 0 Å². The minimum atomic E-state index is -2.07. The minimum Gasteiger partial charge on any atom is -0.772 e. The number of aliphatic hydroxyl groups excluding tert-OH is 1. The van der Waals surface area contributed by atoms with Crippen molar-refractivity contribution in [1.29, 1.82) is 0 Å². The number of aliphatic hydroxyl groups is 1. The third-order valence-corrected chi connectivity index (χ3v) is 2.42. The zero-order valence-corrected chi connectivity index (χ0v) is 8.13. The normalized spacial score (nSPS) is 12.8. The highest BCUT2D eigenvalue weighted by Crippen LogP contribution is 2.12. The maximum atomic E-state index is 10.5. The van der Waals surface area contributed by atoms with Gasteiger partial charge in [0.05, 0.1) is 6.61 Å². The number of rotatable bonds is 3. The Morgan fingerprint density at radius 1 is 1.54 bits per heavy atom. The first-order valence-corrected chi connectivity index (χ1v) is 5.13. The molecule has 0 radical (unpaired) electrons. The lowest BCUT2D eigenvalue weighted by Crippen LogP contribution is -1.97. The Morgan fingerprint density at radius 2 is 2.23 bits per heavy atom. The van der Waals surface area contributed by atoms with E-state index in [1.165, 1.54) is 0 Å². The van der Waals surface area contributed by atoms with Crippen molar-refractivity contribution in [3.63, 3.8) is 0 Å². The largest absolute Gasteiger partial charge is 0.772 e. The molecule has 1 atom stereocenters. The van der Waals surface area contributed by atoms with Crippen LogP contribution in [0.3, 0.4) is 0 Å². The molecule has 0 heterocycles. The van der Waals surface area contributed by atoms with E-state index in [9.17, 15) is 8.76 Å². The van der Waals surface area contributed by atoms with Gasteiger partial charge in [-0.05, 0) is 23.6 Å². The van der Waals surface area contributed by atoms with Crippen LogP contribution in [0.1, 0.15) is 16.7 Å². The molecule has 0 spiro atoms. The topological polar surface area (TPSA) is 60.4 Å². The van der Waals surface area contributed by atoms with Gasteiger partial charge in [0.25, 0.3) is 0 Å². The van der Waals surface area contributed by atoms with E-state index in [-0.39, 0.29) is 12.4 Å². The van der Waals surface area contributed by atoms with Crippen LogP contribution in [0.2, 0.25) is 0 Å². The molecule has 0 saturated heterocycles. The van der Waals surface area contributed by atoms with Gasteiger partial charge < -0.3 is 9.66 Å². The number of hydrogen-bond donors (Lipinski definition) is 1. The first kappa shape index (κ1) is 10.4. The Balaban J connectivity index is 2.96. The summed E-state index contributed by atoms with van der Waals surface area (Å²) < 4.78 is 20.9. The van der Waals surface area contributed by atoms with Crippen molar-refractivity contribution in [2.45, 2.75) is 19.3 Å². The molecule has 0 aliphatic carbocycles. The maximum Gasteiger partial charge on any atom is 0.0681 e. The summed E-state index contributed by atoms with van der Waals surface area (Å²) in [5.41, 5.74) is 2.42. The molecule has 0 aromatic heterocycles. The van der Waals surface area contributed by atoms with Crippen LogP contribution in [-0.2, 0) is 23.4 Å². The summed E-state index contributed by atoms with van der Waals surface area (Å²) in [6.07, 6.45) is 0. The van der Waals surface area contributed by atoms with Crippen molar-refractivity contribution in [3.8, 4) is 0 Å². The molecule has 3 nitrogen and oxygen atoms in total. The lowest BCUT2D eigenvalue weighted by atomic mass is 10.1. The predicted molar refractivity (Wildman–Crippen MR) is 49.7 cm³/mol. The Labute approximate surface area is 79.7 Å². The van der Waals surface area contributed by atoms with Crippen LogP contribution in [0, 0.1) is 6.92 Å². The van der Waals surface area contributed by atoms with Crippen molar-refractivity contribution in [3.05, 3.63) is 34.9 Å². The van der Waals surface area contributed by atoms with Crippen LogP contribution < -0.4 is 0 Å². The summed E-state index contributed by atoms with van der Waals surface area (Å²) in [4.78, 5) is 0. The van der Waals surface area contributed by atoms with Crippen LogP contribution in [0.15, 0.2) is 18.2 Å². The fourth-order valence-corrected chi connectivity index (χ4v) is 1.67. The molecular weight excluding hydrogens is 188 g/mol.